The molecule has 0 saturated carbocycles. The van der Waals surface area contributed by atoms with Gasteiger partial charge in [0.05, 0.1) is 0 Å². The van der Waals surface area contributed by atoms with E-state index >= 15 is 0 Å². The first kappa shape index (κ1) is 16.0. The van der Waals surface area contributed by atoms with Crippen molar-refractivity contribution in [3.63, 3.8) is 0 Å². The summed E-state index contributed by atoms with van der Waals surface area (Å²) in [5, 5.41) is 3.13. The molecule has 3 heterocycles. The molecule has 0 aromatic carbocycles. The van der Waals surface area contributed by atoms with E-state index in [9.17, 15) is 9.59 Å². The third kappa shape index (κ3) is 3.54. The van der Waals surface area contributed by atoms with Crippen molar-refractivity contribution in [1.82, 2.24) is 15.2 Å². The van der Waals surface area contributed by atoms with E-state index in [1.807, 2.05) is 0 Å². The number of piperidine rings is 1. The fourth-order valence-electron chi connectivity index (χ4n) is 3.93. The minimum atomic E-state index is -0.0428. The van der Waals surface area contributed by atoms with Gasteiger partial charge in [0.25, 0.3) is 5.91 Å². The summed E-state index contributed by atoms with van der Waals surface area (Å²) in [4.78, 5) is 30.8. The van der Waals surface area contributed by atoms with E-state index in [0.717, 1.165) is 25.7 Å². The lowest BCUT2D eigenvalue weighted by Crippen LogP contribution is -2.52. The van der Waals surface area contributed by atoms with Crippen LogP contribution in [0, 0.1) is 5.92 Å². The summed E-state index contributed by atoms with van der Waals surface area (Å²) < 4.78 is 0. The molecule has 0 spiro atoms. The second-order valence-electron chi connectivity index (χ2n) is 7.16. The Hall–Kier alpha value is -1.91. The van der Waals surface area contributed by atoms with Gasteiger partial charge in [0.15, 0.2) is 0 Å². The molecule has 1 aromatic heterocycles. The highest BCUT2D eigenvalue weighted by molar-refractivity contribution is 5.94. The van der Waals surface area contributed by atoms with Gasteiger partial charge >= 0.3 is 0 Å². The maximum Gasteiger partial charge on any atom is 0.251 e. The van der Waals surface area contributed by atoms with Gasteiger partial charge in [-0.1, -0.05) is 13.8 Å². The van der Waals surface area contributed by atoms with Crippen LogP contribution in [0.2, 0.25) is 0 Å². The summed E-state index contributed by atoms with van der Waals surface area (Å²) in [6.07, 6.45) is 7.76. The maximum atomic E-state index is 12.5. The van der Waals surface area contributed by atoms with Crippen LogP contribution in [0.5, 0.6) is 0 Å². The van der Waals surface area contributed by atoms with Gasteiger partial charge in [0.2, 0.25) is 5.91 Å². The van der Waals surface area contributed by atoms with E-state index in [-0.39, 0.29) is 17.9 Å². The largest absolute Gasteiger partial charge is 0.349 e. The highest BCUT2D eigenvalue weighted by atomic mass is 16.2. The normalized spacial score (nSPS) is 26.4. The molecular weight excluding hydrogens is 290 g/mol. The van der Waals surface area contributed by atoms with E-state index in [1.54, 1.807) is 24.5 Å². The highest BCUT2D eigenvalue weighted by Crippen LogP contribution is 2.36. The predicted molar refractivity (Wildman–Crippen MR) is 87.8 cm³/mol. The summed E-state index contributed by atoms with van der Waals surface area (Å²) in [7, 11) is 0. The monoisotopic (exact) mass is 315 g/mol. The molecule has 0 aliphatic carbocycles. The summed E-state index contributed by atoms with van der Waals surface area (Å²) in [6, 6.07) is 4.21. The lowest BCUT2D eigenvalue weighted by molar-refractivity contribution is -0.136. The highest BCUT2D eigenvalue weighted by Gasteiger charge is 2.43. The van der Waals surface area contributed by atoms with Crippen molar-refractivity contribution < 1.29 is 9.59 Å². The fraction of sp³-hybridized carbons (Fsp3) is 0.611. The summed E-state index contributed by atoms with van der Waals surface area (Å²) in [6.45, 7) is 4.17. The zero-order chi connectivity index (χ0) is 16.4. The van der Waals surface area contributed by atoms with E-state index in [0.29, 0.717) is 30.0 Å². The summed E-state index contributed by atoms with van der Waals surface area (Å²) >= 11 is 0. The lowest BCUT2D eigenvalue weighted by Gasteiger charge is -2.39. The van der Waals surface area contributed by atoms with Gasteiger partial charge in [-0.25, -0.2) is 0 Å². The number of pyridine rings is 1. The molecule has 1 N–H and O–H groups in total. The van der Waals surface area contributed by atoms with Crippen LogP contribution in [-0.2, 0) is 4.79 Å². The zero-order valence-electron chi connectivity index (χ0n) is 13.9. The van der Waals surface area contributed by atoms with Crippen LogP contribution in [0.15, 0.2) is 24.5 Å². The van der Waals surface area contributed by atoms with Crippen LogP contribution in [0.25, 0.3) is 0 Å². The van der Waals surface area contributed by atoms with Gasteiger partial charge in [-0.05, 0) is 43.7 Å². The third-order valence-electron chi connectivity index (χ3n) is 4.88. The first-order valence-electron chi connectivity index (χ1n) is 8.56. The quantitative estimate of drug-likeness (QED) is 0.928. The molecule has 1 unspecified atom stereocenters. The molecule has 1 aromatic rings. The van der Waals surface area contributed by atoms with Crippen molar-refractivity contribution in [2.75, 3.05) is 0 Å². The number of hydrogen-bond acceptors (Lipinski definition) is 3. The molecule has 5 heteroatoms. The minimum absolute atomic E-state index is 0.0428. The minimum Gasteiger partial charge on any atom is -0.349 e. The topological polar surface area (TPSA) is 62.3 Å². The number of fused-ring (bicyclic) bond motifs is 2. The van der Waals surface area contributed by atoms with Crippen molar-refractivity contribution in [2.24, 2.45) is 5.92 Å². The number of nitrogens with one attached hydrogen (secondary N) is 1. The van der Waals surface area contributed by atoms with Crippen LogP contribution in [0.1, 0.15) is 56.3 Å². The molecule has 23 heavy (non-hydrogen) atoms. The van der Waals surface area contributed by atoms with Gasteiger partial charge in [-0.15, -0.1) is 0 Å². The molecule has 2 aliphatic heterocycles. The first-order chi connectivity index (χ1) is 11.0. The Balaban J connectivity index is 1.60. The molecule has 2 aliphatic rings. The fourth-order valence-corrected chi connectivity index (χ4v) is 3.93. The van der Waals surface area contributed by atoms with Gasteiger partial charge in [0.1, 0.15) is 0 Å². The standard InChI is InChI=1S/C18H25N3O2/c1-12(2)9-17(22)21-15-3-4-16(21)11-14(10-15)20-18(23)13-5-7-19-8-6-13/h5-8,12,14-16H,3-4,9-11H2,1-2H3,(H,20,23)/t14?,15-,16+. The van der Waals surface area contributed by atoms with Crippen LogP contribution in [-0.4, -0.2) is 39.8 Å². The Morgan fingerprint density at radius 3 is 2.39 bits per heavy atom. The summed E-state index contributed by atoms with van der Waals surface area (Å²) in [5.41, 5.74) is 0.644. The molecule has 2 bridgehead atoms. The van der Waals surface area contributed by atoms with Crippen LogP contribution in [0.3, 0.4) is 0 Å². The molecule has 2 amide bonds. The van der Waals surface area contributed by atoms with Gasteiger partial charge < -0.3 is 10.2 Å². The number of nitrogens with zero attached hydrogens (tertiary/aromatic N) is 2. The number of carbonyl (C=O) groups is 2. The predicted octanol–water partition coefficient (Wildman–Crippen LogP) is 2.38. The molecule has 5 nitrogen and oxygen atoms in total. The number of carbonyl (C=O) groups excluding carboxylic acids is 2. The van der Waals surface area contributed by atoms with E-state index < -0.39 is 0 Å². The van der Waals surface area contributed by atoms with E-state index in [2.05, 4.69) is 29.0 Å². The van der Waals surface area contributed by atoms with Crippen molar-refractivity contribution >= 4 is 11.8 Å². The SMILES string of the molecule is CC(C)CC(=O)N1[C@@H]2CC[C@H]1CC(NC(=O)c1ccncc1)C2. The number of rotatable bonds is 4. The Bertz CT molecular complexity index is 559. The Morgan fingerprint density at radius 2 is 1.83 bits per heavy atom. The summed E-state index contributed by atoms with van der Waals surface area (Å²) in [5.74, 6) is 0.635. The van der Waals surface area contributed by atoms with Crippen molar-refractivity contribution in [2.45, 2.75) is 64.1 Å². The second kappa shape index (κ2) is 6.69. The molecule has 3 rings (SSSR count). The molecule has 0 radical (unpaired) electrons. The van der Waals surface area contributed by atoms with Crippen LogP contribution >= 0.6 is 0 Å². The Morgan fingerprint density at radius 1 is 1.22 bits per heavy atom. The van der Waals surface area contributed by atoms with Crippen molar-refractivity contribution in [3.05, 3.63) is 30.1 Å². The number of hydrogen-bond donors (Lipinski definition) is 1. The second-order valence-corrected chi connectivity index (χ2v) is 7.16. The van der Waals surface area contributed by atoms with Gasteiger partial charge in [0, 0.05) is 42.5 Å². The average Bonchev–Trinajstić information content (AvgIpc) is 2.79. The first-order valence-corrected chi connectivity index (χ1v) is 8.56. The van der Waals surface area contributed by atoms with Crippen molar-refractivity contribution in [1.29, 1.82) is 0 Å². The van der Waals surface area contributed by atoms with Crippen LogP contribution < -0.4 is 5.32 Å². The Kier molecular flexibility index (Phi) is 4.64. The number of aromatic nitrogens is 1. The molecular formula is C18H25N3O2. The average molecular weight is 315 g/mol. The smallest absolute Gasteiger partial charge is 0.251 e. The molecule has 2 fully saturated rings. The molecule has 2 saturated heterocycles. The molecule has 124 valence electrons. The maximum absolute atomic E-state index is 12.5. The Labute approximate surface area is 137 Å². The van der Waals surface area contributed by atoms with Crippen molar-refractivity contribution in [3.8, 4) is 0 Å². The number of amides is 2. The van der Waals surface area contributed by atoms with Gasteiger partial charge in [-0.2, -0.15) is 0 Å². The third-order valence-corrected chi connectivity index (χ3v) is 4.88. The van der Waals surface area contributed by atoms with Crippen LogP contribution in [0.4, 0.5) is 0 Å². The zero-order valence-corrected chi connectivity index (χ0v) is 13.9. The lowest BCUT2D eigenvalue weighted by atomic mass is 9.95. The molecule has 3 atom stereocenters. The van der Waals surface area contributed by atoms with E-state index in [1.165, 1.54) is 0 Å². The van der Waals surface area contributed by atoms with E-state index in [4.69, 9.17) is 0 Å². The van der Waals surface area contributed by atoms with Gasteiger partial charge in [-0.3, -0.25) is 14.6 Å².